The predicted molar refractivity (Wildman–Crippen MR) is 105 cm³/mol. The van der Waals surface area contributed by atoms with E-state index in [4.69, 9.17) is 0 Å². The van der Waals surface area contributed by atoms with Gasteiger partial charge in [-0.3, -0.25) is 9.69 Å². The summed E-state index contributed by atoms with van der Waals surface area (Å²) in [6, 6.07) is 16.1. The molecule has 0 saturated carbocycles. The van der Waals surface area contributed by atoms with Gasteiger partial charge in [-0.1, -0.05) is 36.4 Å². The number of aliphatic hydroxyl groups excluding tert-OH is 1. The molecule has 0 aromatic heterocycles. The minimum atomic E-state index is -0.00370. The average Bonchev–Trinajstić information content (AvgIpc) is 2.53. The SMILES string of the molecule is Cc1cc(C)cc(NC(=O)CCN(CCO)Cc2ccccc2)c1.Cl. The van der Waals surface area contributed by atoms with Gasteiger partial charge in [-0.2, -0.15) is 0 Å². The van der Waals surface area contributed by atoms with Crippen molar-refractivity contribution >= 4 is 24.0 Å². The maximum absolute atomic E-state index is 12.2. The summed E-state index contributed by atoms with van der Waals surface area (Å²) in [5, 5.41) is 12.2. The molecule has 0 unspecified atom stereocenters. The minimum absolute atomic E-state index is 0. The first-order chi connectivity index (χ1) is 11.6. The van der Waals surface area contributed by atoms with Gasteiger partial charge in [0.05, 0.1) is 6.61 Å². The molecule has 4 nitrogen and oxygen atoms in total. The highest BCUT2D eigenvalue weighted by molar-refractivity contribution is 5.91. The van der Waals surface area contributed by atoms with E-state index in [2.05, 4.69) is 28.4 Å². The van der Waals surface area contributed by atoms with E-state index >= 15 is 0 Å². The Morgan fingerprint density at radius 2 is 1.68 bits per heavy atom. The molecule has 2 aromatic carbocycles. The number of hydrogen-bond donors (Lipinski definition) is 2. The van der Waals surface area contributed by atoms with Gasteiger partial charge in [-0.25, -0.2) is 0 Å². The van der Waals surface area contributed by atoms with Crippen LogP contribution in [0.2, 0.25) is 0 Å². The Labute approximate surface area is 156 Å². The molecule has 0 heterocycles. The molecule has 0 atom stereocenters. The number of carbonyl (C=O) groups excluding carboxylic acids is 1. The third kappa shape index (κ3) is 7.69. The first kappa shape index (κ1) is 21.2. The van der Waals surface area contributed by atoms with Crippen molar-refractivity contribution in [2.75, 3.05) is 25.0 Å². The number of aliphatic hydroxyl groups is 1. The molecule has 0 spiro atoms. The van der Waals surface area contributed by atoms with Gasteiger partial charge >= 0.3 is 0 Å². The molecular formula is C20H27ClN2O2. The van der Waals surface area contributed by atoms with Crippen LogP contribution in [0.4, 0.5) is 5.69 Å². The van der Waals surface area contributed by atoms with E-state index in [0.29, 0.717) is 19.5 Å². The second kappa shape index (κ2) is 10.9. The Bertz CT molecular complexity index is 642. The van der Waals surface area contributed by atoms with Crippen LogP contribution in [0.25, 0.3) is 0 Å². The maximum Gasteiger partial charge on any atom is 0.225 e. The summed E-state index contributed by atoms with van der Waals surface area (Å²) < 4.78 is 0. The summed E-state index contributed by atoms with van der Waals surface area (Å²) in [4.78, 5) is 14.3. The number of halogens is 1. The third-order valence-electron chi connectivity index (χ3n) is 3.83. The lowest BCUT2D eigenvalue weighted by Gasteiger charge is -2.21. The summed E-state index contributed by atoms with van der Waals surface area (Å²) in [5.41, 5.74) is 4.29. The molecule has 5 heteroatoms. The van der Waals surface area contributed by atoms with E-state index in [1.54, 1.807) is 0 Å². The maximum atomic E-state index is 12.2. The largest absolute Gasteiger partial charge is 0.395 e. The number of rotatable bonds is 8. The Kier molecular flexibility index (Phi) is 9.21. The topological polar surface area (TPSA) is 52.6 Å². The molecule has 2 aromatic rings. The van der Waals surface area contributed by atoms with Gasteiger partial charge in [0.15, 0.2) is 0 Å². The van der Waals surface area contributed by atoms with Gasteiger partial charge < -0.3 is 10.4 Å². The number of nitrogens with one attached hydrogen (secondary N) is 1. The summed E-state index contributed by atoms with van der Waals surface area (Å²) in [6.45, 7) is 6.04. The number of amides is 1. The number of nitrogens with zero attached hydrogens (tertiary/aromatic N) is 1. The van der Waals surface area contributed by atoms with Crippen molar-refractivity contribution in [3.05, 3.63) is 65.2 Å². The second-order valence-corrected chi connectivity index (χ2v) is 6.16. The predicted octanol–water partition coefficient (Wildman–Crippen LogP) is 3.55. The Balaban J connectivity index is 0.00000312. The molecule has 2 N–H and O–H groups in total. The molecule has 2 rings (SSSR count). The quantitative estimate of drug-likeness (QED) is 0.755. The number of aryl methyl sites for hydroxylation is 2. The van der Waals surface area contributed by atoms with Crippen LogP contribution in [0.3, 0.4) is 0 Å². The molecular weight excluding hydrogens is 336 g/mol. The van der Waals surface area contributed by atoms with Crippen molar-refractivity contribution < 1.29 is 9.90 Å². The summed E-state index contributed by atoms with van der Waals surface area (Å²) in [7, 11) is 0. The lowest BCUT2D eigenvalue weighted by molar-refractivity contribution is -0.116. The first-order valence-corrected chi connectivity index (χ1v) is 8.32. The third-order valence-corrected chi connectivity index (χ3v) is 3.83. The molecule has 0 aliphatic rings. The molecule has 0 saturated heterocycles. The number of benzene rings is 2. The van der Waals surface area contributed by atoms with Crippen molar-refractivity contribution in [1.29, 1.82) is 0 Å². The zero-order chi connectivity index (χ0) is 17.4. The summed E-state index contributed by atoms with van der Waals surface area (Å²) >= 11 is 0. The molecule has 0 bridgehead atoms. The highest BCUT2D eigenvalue weighted by Crippen LogP contribution is 2.14. The second-order valence-electron chi connectivity index (χ2n) is 6.16. The van der Waals surface area contributed by atoms with E-state index in [9.17, 15) is 9.90 Å². The lowest BCUT2D eigenvalue weighted by Crippen LogP contribution is -2.30. The Hall–Kier alpha value is -1.88. The molecule has 0 radical (unpaired) electrons. The van der Waals surface area contributed by atoms with Crippen LogP contribution in [0.15, 0.2) is 48.5 Å². The van der Waals surface area contributed by atoms with Crippen LogP contribution in [0.1, 0.15) is 23.1 Å². The summed E-state index contributed by atoms with van der Waals surface area (Å²) in [5.74, 6) is -0.00370. The molecule has 25 heavy (non-hydrogen) atoms. The van der Waals surface area contributed by atoms with Gasteiger partial charge in [0, 0.05) is 31.7 Å². The van der Waals surface area contributed by atoms with E-state index in [-0.39, 0.29) is 24.9 Å². The molecule has 136 valence electrons. The van der Waals surface area contributed by atoms with E-state index in [1.165, 1.54) is 5.56 Å². The molecule has 0 aliphatic heterocycles. The van der Waals surface area contributed by atoms with Crippen molar-refractivity contribution in [2.24, 2.45) is 0 Å². The Morgan fingerprint density at radius 3 is 2.28 bits per heavy atom. The monoisotopic (exact) mass is 362 g/mol. The number of anilines is 1. The fraction of sp³-hybridized carbons (Fsp3) is 0.350. The highest BCUT2D eigenvalue weighted by atomic mass is 35.5. The zero-order valence-electron chi connectivity index (χ0n) is 14.9. The van der Waals surface area contributed by atoms with E-state index < -0.39 is 0 Å². The highest BCUT2D eigenvalue weighted by Gasteiger charge is 2.09. The van der Waals surface area contributed by atoms with Crippen LogP contribution in [-0.2, 0) is 11.3 Å². The van der Waals surface area contributed by atoms with Crippen LogP contribution >= 0.6 is 12.4 Å². The fourth-order valence-corrected chi connectivity index (χ4v) is 2.78. The van der Waals surface area contributed by atoms with Gasteiger partial charge in [0.2, 0.25) is 5.91 Å². The zero-order valence-corrected chi connectivity index (χ0v) is 15.7. The Morgan fingerprint density at radius 1 is 1.04 bits per heavy atom. The fourth-order valence-electron chi connectivity index (χ4n) is 2.78. The summed E-state index contributed by atoms with van der Waals surface area (Å²) in [6.07, 6.45) is 0.403. The number of hydrogen-bond acceptors (Lipinski definition) is 3. The van der Waals surface area contributed by atoms with Gasteiger partial charge in [-0.05, 0) is 42.7 Å². The minimum Gasteiger partial charge on any atom is -0.395 e. The van der Waals surface area contributed by atoms with Crippen molar-refractivity contribution in [1.82, 2.24) is 4.90 Å². The van der Waals surface area contributed by atoms with Gasteiger partial charge in [0.25, 0.3) is 0 Å². The standard InChI is InChI=1S/C20H26N2O2.ClH/c1-16-12-17(2)14-19(13-16)21-20(24)8-9-22(10-11-23)15-18-6-4-3-5-7-18;/h3-7,12-14,23H,8-11,15H2,1-2H3,(H,21,24);1H. The number of carbonyl (C=O) groups is 1. The van der Waals surface area contributed by atoms with Gasteiger partial charge in [-0.15, -0.1) is 12.4 Å². The average molecular weight is 363 g/mol. The van der Waals surface area contributed by atoms with Crippen molar-refractivity contribution in [3.8, 4) is 0 Å². The van der Waals surface area contributed by atoms with Crippen LogP contribution in [0, 0.1) is 13.8 Å². The normalized spacial score (nSPS) is 10.4. The first-order valence-electron chi connectivity index (χ1n) is 8.32. The van der Waals surface area contributed by atoms with E-state index in [1.807, 2.05) is 44.2 Å². The van der Waals surface area contributed by atoms with Crippen molar-refractivity contribution in [3.63, 3.8) is 0 Å². The van der Waals surface area contributed by atoms with E-state index in [0.717, 1.165) is 23.4 Å². The van der Waals surface area contributed by atoms with Crippen LogP contribution in [-0.4, -0.2) is 35.6 Å². The lowest BCUT2D eigenvalue weighted by atomic mass is 10.1. The smallest absolute Gasteiger partial charge is 0.225 e. The van der Waals surface area contributed by atoms with Crippen LogP contribution < -0.4 is 5.32 Å². The molecule has 0 aliphatic carbocycles. The molecule has 0 fully saturated rings. The molecule has 1 amide bonds. The van der Waals surface area contributed by atoms with Crippen molar-refractivity contribution in [2.45, 2.75) is 26.8 Å². The van der Waals surface area contributed by atoms with Crippen LogP contribution in [0.5, 0.6) is 0 Å². The van der Waals surface area contributed by atoms with Gasteiger partial charge in [0.1, 0.15) is 0 Å².